The molecule has 6 heteroatoms. The number of rotatable bonds is 8. The monoisotopic (exact) mass is 362 g/mol. The summed E-state index contributed by atoms with van der Waals surface area (Å²) in [5.41, 5.74) is 5.13. The molecule has 0 bridgehead atoms. The van der Waals surface area contributed by atoms with Gasteiger partial charge in [0.2, 0.25) is 0 Å². The molecule has 0 saturated heterocycles. The Morgan fingerprint density at radius 1 is 1.16 bits per heavy atom. The van der Waals surface area contributed by atoms with E-state index < -0.39 is 0 Å². The summed E-state index contributed by atoms with van der Waals surface area (Å²) in [5, 5.41) is 0.598. The molecule has 1 aromatic heterocycles. The highest BCUT2D eigenvalue weighted by molar-refractivity contribution is 7.99. The quantitative estimate of drug-likeness (QED) is 0.444. The molecule has 0 aliphatic carbocycles. The molecule has 0 aliphatic rings. The minimum absolute atomic E-state index is 0.0641. The number of hydrogen-bond donors (Lipinski definition) is 1. The number of nitrogens with one attached hydrogen (secondary N) is 1. The predicted molar refractivity (Wildman–Crippen MR) is 101 cm³/mol. The fourth-order valence-corrected chi connectivity index (χ4v) is 3.75. The van der Waals surface area contributed by atoms with Gasteiger partial charge < -0.3 is 14.5 Å². The molecule has 0 spiro atoms. The smallest absolute Gasteiger partial charge is 0.254 e. The van der Waals surface area contributed by atoms with E-state index in [1.807, 2.05) is 6.92 Å². The highest BCUT2D eigenvalue weighted by atomic mass is 32.2. The van der Waals surface area contributed by atoms with Crippen molar-refractivity contribution in [3.8, 4) is 0 Å². The number of methoxy groups -OCH3 is 2. The molecule has 5 nitrogen and oxygen atoms in total. The number of thioether (sulfide) groups is 1. The van der Waals surface area contributed by atoms with Gasteiger partial charge in [-0.2, -0.15) is 0 Å². The predicted octanol–water partition coefficient (Wildman–Crippen LogP) is 3.25. The van der Waals surface area contributed by atoms with Crippen molar-refractivity contribution >= 4 is 11.8 Å². The third-order valence-corrected chi connectivity index (χ3v) is 4.87. The Morgan fingerprint density at radius 3 is 2.36 bits per heavy atom. The Labute approximate surface area is 153 Å². The zero-order valence-corrected chi connectivity index (χ0v) is 16.3. The summed E-state index contributed by atoms with van der Waals surface area (Å²) < 4.78 is 10.4. The fourth-order valence-electron chi connectivity index (χ4n) is 2.84. The Balaban J connectivity index is 2.30. The molecule has 0 atom stereocenters. The molecular weight excluding hydrogens is 336 g/mol. The van der Waals surface area contributed by atoms with Gasteiger partial charge in [-0.25, -0.2) is 4.98 Å². The molecular formula is C19H26N2O3S. The maximum Gasteiger partial charge on any atom is 0.254 e. The van der Waals surface area contributed by atoms with Gasteiger partial charge in [0.1, 0.15) is 0 Å². The van der Waals surface area contributed by atoms with Crippen LogP contribution < -0.4 is 5.56 Å². The maximum absolute atomic E-state index is 12.4. The Morgan fingerprint density at radius 2 is 1.80 bits per heavy atom. The molecule has 1 aromatic carbocycles. The van der Waals surface area contributed by atoms with E-state index in [9.17, 15) is 4.79 Å². The van der Waals surface area contributed by atoms with Crippen molar-refractivity contribution in [1.29, 1.82) is 0 Å². The first kappa shape index (κ1) is 19.7. The topological polar surface area (TPSA) is 64.2 Å². The zero-order chi connectivity index (χ0) is 18.4. The molecule has 1 heterocycles. The van der Waals surface area contributed by atoms with E-state index in [4.69, 9.17) is 14.5 Å². The van der Waals surface area contributed by atoms with Gasteiger partial charge in [0.05, 0.1) is 11.4 Å². The average Bonchev–Trinajstić information content (AvgIpc) is 2.54. The van der Waals surface area contributed by atoms with Crippen LogP contribution in [-0.4, -0.2) is 36.2 Å². The van der Waals surface area contributed by atoms with Crippen molar-refractivity contribution in [1.82, 2.24) is 9.97 Å². The molecule has 1 N–H and O–H groups in total. The van der Waals surface area contributed by atoms with E-state index in [2.05, 4.69) is 37.0 Å². The van der Waals surface area contributed by atoms with Crippen molar-refractivity contribution < 1.29 is 9.47 Å². The van der Waals surface area contributed by atoms with Crippen LogP contribution in [0.1, 0.15) is 34.9 Å². The van der Waals surface area contributed by atoms with E-state index in [0.717, 1.165) is 11.3 Å². The zero-order valence-electron chi connectivity index (χ0n) is 15.5. The molecule has 0 fully saturated rings. The Kier molecular flexibility index (Phi) is 7.23. The van der Waals surface area contributed by atoms with Crippen LogP contribution in [0.5, 0.6) is 0 Å². The first-order chi connectivity index (χ1) is 12.0. The lowest BCUT2D eigenvalue weighted by Gasteiger charge is -2.13. The number of ether oxygens (including phenoxy) is 2. The summed E-state index contributed by atoms with van der Waals surface area (Å²) in [6.45, 7) is 6.15. The largest absolute Gasteiger partial charge is 0.355 e. The highest BCUT2D eigenvalue weighted by Gasteiger charge is 2.13. The third kappa shape index (κ3) is 5.42. The molecule has 0 saturated carbocycles. The standard InChI is InChI=1S/C19H26N2O3S/c1-6-15-16(10-14-8-12(2)7-13(3)9-14)20-19(21-18(15)22)25-11-17(23-4)24-5/h7-9,17H,6,10-11H2,1-5H3,(H,20,21,22). The van der Waals surface area contributed by atoms with E-state index in [-0.39, 0.29) is 11.8 Å². The Bertz CT molecular complexity index is 749. The number of aromatic nitrogens is 2. The third-order valence-electron chi connectivity index (χ3n) is 3.97. The lowest BCUT2D eigenvalue weighted by Crippen LogP contribution is -2.20. The number of hydrogen-bond acceptors (Lipinski definition) is 5. The number of benzene rings is 1. The summed E-state index contributed by atoms with van der Waals surface area (Å²) in [6, 6.07) is 6.44. The first-order valence-electron chi connectivity index (χ1n) is 8.34. The second-order valence-electron chi connectivity index (χ2n) is 6.03. The molecule has 2 rings (SSSR count). The van der Waals surface area contributed by atoms with Crippen molar-refractivity contribution in [2.45, 2.75) is 45.1 Å². The van der Waals surface area contributed by atoms with Crippen LogP contribution in [0.15, 0.2) is 28.2 Å². The second kappa shape index (κ2) is 9.17. The van der Waals surface area contributed by atoms with Crippen molar-refractivity contribution in [2.24, 2.45) is 0 Å². The average molecular weight is 362 g/mol. The summed E-state index contributed by atoms with van der Waals surface area (Å²) in [5.74, 6) is 0.560. The minimum atomic E-state index is -0.330. The van der Waals surface area contributed by atoms with Crippen LogP contribution in [0.3, 0.4) is 0 Å². The Hall–Kier alpha value is -1.63. The maximum atomic E-state index is 12.4. The van der Waals surface area contributed by atoms with Crippen molar-refractivity contribution in [2.75, 3.05) is 20.0 Å². The lowest BCUT2D eigenvalue weighted by atomic mass is 10.0. The van der Waals surface area contributed by atoms with E-state index >= 15 is 0 Å². The van der Waals surface area contributed by atoms with Gasteiger partial charge in [0, 0.05) is 26.2 Å². The number of aromatic amines is 1. The molecule has 2 aromatic rings. The lowest BCUT2D eigenvalue weighted by molar-refractivity contribution is -0.0842. The van der Waals surface area contributed by atoms with Gasteiger partial charge in [0.25, 0.3) is 5.56 Å². The van der Waals surface area contributed by atoms with Gasteiger partial charge in [-0.15, -0.1) is 0 Å². The molecule has 25 heavy (non-hydrogen) atoms. The summed E-state index contributed by atoms with van der Waals surface area (Å²) in [7, 11) is 3.19. The van der Waals surface area contributed by atoms with Gasteiger partial charge >= 0.3 is 0 Å². The van der Waals surface area contributed by atoms with Gasteiger partial charge in [-0.3, -0.25) is 4.79 Å². The number of nitrogens with zero attached hydrogens (tertiary/aromatic N) is 1. The van der Waals surface area contributed by atoms with Crippen LogP contribution in [0, 0.1) is 13.8 Å². The SMILES string of the molecule is CCc1c(Cc2cc(C)cc(C)c2)nc(SCC(OC)OC)[nH]c1=O. The molecule has 0 radical (unpaired) electrons. The van der Waals surface area contributed by atoms with E-state index in [0.29, 0.717) is 23.8 Å². The van der Waals surface area contributed by atoms with Crippen molar-refractivity contribution in [3.63, 3.8) is 0 Å². The summed E-state index contributed by atoms with van der Waals surface area (Å²) in [4.78, 5) is 20.0. The van der Waals surface area contributed by atoms with Gasteiger partial charge in [0.15, 0.2) is 11.4 Å². The number of aryl methyl sites for hydroxylation is 2. The normalized spacial score (nSPS) is 11.3. The first-order valence-corrected chi connectivity index (χ1v) is 9.33. The van der Waals surface area contributed by atoms with Gasteiger partial charge in [-0.05, 0) is 25.8 Å². The van der Waals surface area contributed by atoms with Crippen LogP contribution in [0.4, 0.5) is 0 Å². The molecule has 0 amide bonds. The minimum Gasteiger partial charge on any atom is -0.355 e. The highest BCUT2D eigenvalue weighted by Crippen LogP contribution is 2.19. The van der Waals surface area contributed by atoms with Crippen LogP contribution in [-0.2, 0) is 22.3 Å². The molecule has 0 unspecified atom stereocenters. The second-order valence-corrected chi connectivity index (χ2v) is 7.04. The fraction of sp³-hybridized carbons (Fsp3) is 0.474. The van der Waals surface area contributed by atoms with Crippen LogP contribution in [0.25, 0.3) is 0 Å². The summed E-state index contributed by atoms with van der Waals surface area (Å²) in [6.07, 6.45) is 0.983. The van der Waals surface area contributed by atoms with Crippen LogP contribution in [0.2, 0.25) is 0 Å². The molecule has 136 valence electrons. The van der Waals surface area contributed by atoms with Crippen molar-refractivity contribution in [3.05, 3.63) is 56.5 Å². The van der Waals surface area contributed by atoms with Gasteiger partial charge in [-0.1, -0.05) is 48.0 Å². The number of H-pyrrole nitrogens is 1. The van der Waals surface area contributed by atoms with E-state index in [1.54, 1.807) is 14.2 Å². The van der Waals surface area contributed by atoms with E-state index in [1.165, 1.54) is 28.5 Å². The summed E-state index contributed by atoms with van der Waals surface area (Å²) >= 11 is 1.43. The van der Waals surface area contributed by atoms with Crippen LogP contribution >= 0.6 is 11.8 Å². The molecule has 0 aliphatic heterocycles.